The van der Waals surface area contributed by atoms with E-state index in [4.69, 9.17) is 10.5 Å². The van der Waals surface area contributed by atoms with Gasteiger partial charge < -0.3 is 10.5 Å². The molecule has 0 aromatic heterocycles. The van der Waals surface area contributed by atoms with Crippen molar-refractivity contribution in [1.29, 1.82) is 0 Å². The molecule has 0 spiro atoms. The monoisotopic (exact) mass is 246 g/mol. The maximum absolute atomic E-state index is 6.38. The molecule has 3 nitrogen and oxygen atoms in total. The summed E-state index contributed by atoms with van der Waals surface area (Å²) in [5.41, 5.74) is 7.71. The zero-order chi connectivity index (χ0) is 12.4. The average Bonchev–Trinajstić information content (AvgIpc) is 2.37. The maximum atomic E-state index is 6.38. The van der Waals surface area contributed by atoms with Gasteiger partial charge in [-0.1, -0.05) is 30.3 Å². The molecule has 2 aliphatic rings. The zero-order valence-electron chi connectivity index (χ0n) is 10.8. The molecular weight excluding hydrogens is 224 g/mol. The summed E-state index contributed by atoms with van der Waals surface area (Å²) in [6, 6.07) is 10.6. The average molecular weight is 246 g/mol. The molecule has 2 fully saturated rings. The minimum absolute atomic E-state index is 0.0463. The van der Waals surface area contributed by atoms with Gasteiger partial charge in [0.1, 0.15) is 0 Å². The summed E-state index contributed by atoms with van der Waals surface area (Å²) in [6.45, 7) is 3.82. The van der Waals surface area contributed by atoms with Crippen molar-refractivity contribution in [2.75, 3.05) is 19.7 Å². The Morgan fingerprint density at radius 3 is 2.72 bits per heavy atom. The van der Waals surface area contributed by atoms with Gasteiger partial charge in [-0.3, -0.25) is 4.90 Å². The van der Waals surface area contributed by atoms with Crippen LogP contribution in [0.5, 0.6) is 0 Å². The van der Waals surface area contributed by atoms with Crippen molar-refractivity contribution in [2.45, 2.75) is 37.5 Å². The van der Waals surface area contributed by atoms with E-state index in [0.717, 1.165) is 39.1 Å². The predicted octanol–water partition coefficient (Wildman–Crippen LogP) is 1.77. The highest BCUT2D eigenvalue weighted by Crippen LogP contribution is 2.35. The fourth-order valence-corrected chi connectivity index (χ4v) is 2.94. The van der Waals surface area contributed by atoms with Gasteiger partial charge in [0.2, 0.25) is 0 Å². The molecule has 1 aromatic carbocycles. The lowest BCUT2D eigenvalue weighted by Gasteiger charge is -2.48. The quantitative estimate of drug-likeness (QED) is 0.883. The third-order valence-electron chi connectivity index (χ3n) is 4.33. The number of benzene rings is 1. The molecule has 0 amide bonds. The lowest BCUT2D eigenvalue weighted by atomic mass is 9.73. The number of hydrogen-bond donors (Lipinski definition) is 1. The highest BCUT2D eigenvalue weighted by molar-refractivity contribution is 5.14. The first-order valence-electron chi connectivity index (χ1n) is 6.93. The third-order valence-corrected chi connectivity index (χ3v) is 4.33. The van der Waals surface area contributed by atoms with Crippen LogP contribution in [-0.2, 0) is 11.3 Å². The molecule has 18 heavy (non-hydrogen) atoms. The number of ether oxygens (including phenoxy) is 1. The normalized spacial score (nSPS) is 27.7. The van der Waals surface area contributed by atoms with E-state index >= 15 is 0 Å². The molecular formula is C15H22N2O. The molecule has 1 aromatic rings. The molecule has 3 heteroatoms. The maximum Gasteiger partial charge on any atom is 0.0881 e. The van der Waals surface area contributed by atoms with Crippen molar-refractivity contribution < 1.29 is 4.74 Å². The summed E-state index contributed by atoms with van der Waals surface area (Å²) in [5, 5.41) is 0. The first-order valence-corrected chi connectivity index (χ1v) is 6.93. The molecule has 1 aliphatic carbocycles. The Morgan fingerprint density at radius 2 is 2.06 bits per heavy atom. The van der Waals surface area contributed by atoms with Gasteiger partial charge in [-0.15, -0.1) is 0 Å². The summed E-state index contributed by atoms with van der Waals surface area (Å²) in [5.74, 6) is 0. The number of nitrogens with two attached hydrogens (primary N) is 1. The molecule has 0 bridgehead atoms. The van der Waals surface area contributed by atoms with E-state index < -0.39 is 0 Å². The molecule has 1 saturated heterocycles. The Bertz CT molecular complexity index is 389. The zero-order valence-corrected chi connectivity index (χ0v) is 10.8. The molecule has 98 valence electrons. The van der Waals surface area contributed by atoms with Gasteiger partial charge in [0.05, 0.1) is 12.7 Å². The summed E-state index contributed by atoms with van der Waals surface area (Å²) in [4.78, 5) is 2.47. The van der Waals surface area contributed by atoms with Gasteiger partial charge in [-0.05, 0) is 24.8 Å². The van der Waals surface area contributed by atoms with Crippen molar-refractivity contribution in [3.63, 3.8) is 0 Å². The van der Waals surface area contributed by atoms with Crippen LogP contribution in [0.3, 0.4) is 0 Å². The van der Waals surface area contributed by atoms with Gasteiger partial charge in [-0.2, -0.15) is 0 Å². The van der Waals surface area contributed by atoms with Crippen LogP contribution < -0.4 is 5.73 Å². The molecule has 0 radical (unpaired) electrons. The minimum atomic E-state index is -0.0463. The van der Waals surface area contributed by atoms with Crippen molar-refractivity contribution >= 4 is 0 Å². The van der Waals surface area contributed by atoms with E-state index in [1.165, 1.54) is 12.0 Å². The number of nitrogens with zero attached hydrogens (tertiary/aromatic N) is 1. The van der Waals surface area contributed by atoms with Gasteiger partial charge in [0.25, 0.3) is 0 Å². The van der Waals surface area contributed by atoms with Crippen LogP contribution in [0, 0.1) is 0 Å². The second-order valence-electron chi connectivity index (χ2n) is 5.67. The largest absolute Gasteiger partial charge is 0.374 e. The second kappa shape index (κ2) is 5.00. The number of morpholine rings is 1. The Labute approximate surface area is 109 Å². The van der Waals surface area contributed by atoms with Crippen LogP contribution in [0.4, 0.5) is 0 Å². The smallest absolute Gasteiger partial charge is 0.0881 e. The molecule has 1 saturated carbocycles. The van der Waals surface area contributed by atoms with Crippen LogP contribution in [0.2, 0.25) is 0 Å². The van der Waals surface area contributed by atoms with Crippen molar-refractivity contribution in [2.24, 2.45) is 5.73 Å². The van der Waals surface area contributed by atoms with E-state index in [1.807, 2.05) is 0 Å². The Kier molecular flexibility index (Phi) is 3.37. The minimum Gasteiger partial charge on any atom is -0.374 e. The Hall–Kier alpha value is -0.900. The molecule has 1 aliphatic heterocycles. The van der Waals surface area contributed by atoms with Crippen LogP contribution in [-0.4, -0.2) is 36.2 Å². The number of hydrogen-bond acceptors (Lipinski definition) is 3. The van der Waals surface area contributed by atoms with E-state index in [1.54, 1.807) is 0 Å². The topological polar surface area (TPSA) is 38.5 Å². The van der Waals surface area contributed by atoms with Crippen molar-refractivity contribution in [1.82, 2.24) is 4.90 Å². The molecule has 1 atom stereocenters. The highest BCUT2D eigenvalue weighted by atomic mass is 16.5. The third kappa shape index (κ3) is 2.44. The van der Waals surface area contributed by atoms with Crippen LogP contribution in [0.25, 0.3) is 0 Å². The van der Waals surface area contributed by atoms with Crippen LogP contribution in [0.15, 0.2) is 30.3 Å². The van der Waals surface area contributed by atoms with E-state index in [0.29, 0.717) is 0 Å². The Morgan fingerprint density at radius 1 is 1.28 bits per heavy atom. The van der Waals surface area contributed by atoms with E-state index in [-0.39, 0.29) is 11.6 Å². The summed E-state index contributed by atoms with van der Waals surface area (Å²) in [7, 11) is 0. The lowest BCUT2D eigenvalue weighted by Crippen LogP contribution is -2.62. The van der Waals surface area contributed by atoms with Crippen LogP contribution >= 0.6 is 0 Å². The first kappa shape index (κ1) is 12.2. The molecule has 3 rings (SSSR count). The van der Waals surface area contributed by atoms with Crippen molar-refractivity contribution in [3.05, 3.63) is 35.9 Å². The summed E-state index contributed by atoms with van der Waals surface area (Å²) < 4.78 is 5.89. The fraction of sp³-hybridized carbons (Fsp3) is 0.600. The SMILES string of the molecule is NC1(C2CN(Cc3ccccc3)CCO2)CCC1. The van der Waals surface area contributed by atoms with Gasteiger partial charge in [0.15, 0.2) is 0 Å². The summed E-state index contributed by atoms with van der Waals surface area (Å²) in [6.07, 6.45) is 3.73. The molecule has 1 heterocycles. The van der Waals surface area contributed by atoms with Gasteiger partial charge in [0, 0.05) is 25.2 Å². The molecule has 2 N–H and O–H groups in total. The van der Waals surface area contributed by atoms with Gasteiger partial charge >= 0.3 is 0 Å². The lowest BCUT2D eigenvalue weighted by molar-refractivity contribution is -0.0883. The first-order chi connectivity index (χ1) is 8.76. The number of rotatable bonds is 3. The predicted molar refractivity (Wildman–Crippen MR) is 72.2 cm³/mol. The van der Waals surface area contributed by atoms with E-state index in [9.17, 15) is 0 Å². The Balaban J connectivity index is 1.60. The summed E-state index contributed by atoms with van der Waals surface area (Å²) >= 11 is 0. The second-order valence-corrected chi connectivity index (χ2v) is 5.67. The van der Waals surface area contributed by atoms with E-state index in [2.05, 4.69) is 35.2 Å². The standard InChI is InChI=1S/C15H22N2O/c16-15(7-4-8-15)14-12-17(9-10-18-14)11-13-5-2-1-3-6-13/h1-3,5-6,14H,4,7-12,16H2. The van der Waals surface area contributed by atoms with Crippen molar-refractivity contribution in [3.8, 4) is 0 Å². The van der Waals surface area contributed by atoms with Crippen LogP contribution in [0.1, 0.15) is 24.8 Å². The van der Waals surface area contributed by atoms with Gasteiger partial charge in [-0.25, -0.2) is 0 Å². The highest BCUT2D eigenvalue weighted by Gasteiger charge is 2.43. The molecule has 1 unspecified atom stereocenters. The fourth-order valence-electron chi connectivity index (χ4n) is 2.94.